The van der Waals surface area contributed by atoms with Gasteiger partial charge in [0.05, 0.1) is 12.3 Å². The molecule has 0 fully saturated rings. The lowest BCUT2D eigenvalue weighted by atomic mass is 10.3. The number of benzene rings is 1. The quantitative estimate of drug-likeness (QED) is 0.660. The summed E-state index contributed by atoms with van der Waals surface area (Å²) >= 11 is 5.70. The van der Waals surface area contributed by atoms with Crippen LogP contribution in [0.15, 0.2) is 18.2 Å². The summed E-state index contributed by atoms with van der Waals surface area (Å²) in [5, 5.41) is 0.436. The zero-order valence-corrected chi connectivity index (χ0v) is 9.52. The van der Waals surface area contributed by atoms with Gasteiger partial charge in [-0.05, 0) is 12.1 Å². The van der Waals surface area contributed by atoms with E-state index in [4.69, 9.17) is 22.1 Å². The van der Waals surface area contributed by atoms with Gasteiger partial charge in [0, 0.05) is 11.1 Å². The number of nitrogens with two attached hydrogens (primary N) is 1. The van der Waals surface area contributed by atoms with Gasteiger partial charge >= 0.3 is 6.18 Å². The number of halogens is 4. The first-order valence-corrected chi connectivity index (χ1v) is 5.08. The summed E-state index contributed by atoms with van der Waals surface area (Å²) < 4.78 is 44.7. The van der Waals surface area contributed by atoms with Crippen LogP contribution in [0.4, 0.5) is 18.9 Å². The van der Waals surface area contributed by atoms with E-state index in [1.54, 1.807) is 12.1 Å². The molecular weight excluding hydrogens is 259 g/mol. The minimum absolute atomic E-state index is 0.0272. The molecule has 0 aliphatic heterocycles. The van der Waals surface area contributed by atoms with E-state index in [1.165, 1.54) is 6.07 Å². The van der Waals surface area contributed by atoms with E-state index >= 15 is 0 Å². The molecule has 96 valence electrons. The fraction of sp³-hybridized carbons (Fsp3) is 0.400. The van der Waals surface area contributed by atoms with E-state index in [-0.39, 0.29) is 13.2 Å². The van der Waals surface area contributed by atoms with Crippen LogP contribution >= 0.6 is 11.6 Å². The predicted molar refractivity (Wildman–Crippen MR) is 58.2 cm³/mol. The van der Waals surface area contributed by atoms with Crippen molar-refractivity contribution < 1.29 is 22.6 Å². The molecule has 0 saturated carbocycles. The molecule has 0 aliphatic rings. The molecule has 0 bridgehead atoms. The molecule has 0 aliphatic carbocycles. The molecule has 0 heterocycles. The molecule has 1 aromatic carbocycles. The maximum Gasteiger partial charge on any atom is 0.411 e. The SMILES string of the molecule is Nc1ccc(Cl)cc1OCCOCC(F)(F)F. The third kappa shape index (κ3) is 5.65. The lowest BCUT2D eigenvalue weighted by molar-refractivity contribution is -0.175. The van der Waals surface area contributed by atoms with Crippen molar-refractivity contribution in [3.05, 3.63) is 23.2 Å². The van der Waals surface area contributed by atoms with E-state index in [2.05, 4.69) is 4.74 Å². The summed E-state index contributed by atoms with van der Waals surface area (Å²) in [5.74, 6) is 0.327. The molecule has 1 aromatic rings. The first-order valence-electron chi connectivity index (χ1n) is 4.71. The number of anilines is 1. The molecule has 1 rings (SSSR count). The van der Waals surface area contributed by atoms with Crippen molar-refractivity contribution >= 4 is 17.3 Å². The van der Waals surface area contributed by atoms with Crippen molar-refractivity contribution in [2.45, 2.75) is 6.18 Å². The first-order chi connectivity index (χ1) is 7.88. The van der Waals surface area contributed by atoms with E-state index in [9.17, 15) is 13.2 Å². The van der Waals surface area contributed by atoms with Crippen LogP contribution in [0.1, 0.15) is 0 Å². The van der Waals surface area contributed by atoms with Crippen molar-refractivity contribution in [3.8, 4) is 5.75 Å². The number of ether oxygens (including phenoxy) is 2. The largest absolute Gasteiger partial charge is 0.489 e. The van der Waals surface area contributed by atoms with Gasteiger partial charge < -0.3 is 15.2 Å². The second-order valence-corrected chi connectivity index (χ2v) is 3.63. The Morgan fingerprint density at radius 2 is 1.94 bits per heavy atom. The van der Waals surface area contributed by atoms with Crippen molar-refractivity contribution in [2.75, 3.05) is 25.6 Å². The minimum Gasteiger partial charge on any atom is -0.489 e. The second kappa shape index (κ2) is 5.97. The van der Waals surface area contributed by atoms with Crippen LogP contribution in [0.2, 0.25) is 5.02 Å². The normalized spacial score (nSPS) is 11.5. The van der Waals surface area contributed by atoms with Gasteiger partial charge in [0.25, 0.3) is 0 Å². The second-order valence-electron chi connectivity index (χ2n) is 3.20. The Bertz CT molecular complexity index is 371. The van der Waals surface area contributed by atoms with Gasteiger partial charge in [-0.25, -0.2) is 0 Å². The average molecular weight is 270 g/mol. The lowest BCUT2D eigenvalue weighted by Crippen LogP contribution is -2.19. The topological polar surface area (TPSA) is 44.5 Å². The Morgan fingerprint density at radius 1 is 1.24 bits per heavy atom. The summed E-state index contributed by atoms with van der Waals surface area (Å²) in [6.07, 6.45) is -4.32. The fourth-order valence-electron chi connectivity index (χ4n) is 1.03. The van der Waals surface area contributed by atoms with Gasteiger partial charge in [-0.2, -0.15) is 13.2 Å². The molecule has 0 saturated heterocycles. The molecule has 2 N–H and O–H groups in total. The van der Waals surface area contributed by atoms with Crippen LogP contribution in [0.25, 0.3) is 0 Å². The highest BCUT2D eigenvalue weighted by Crippen LogP contribution is 2.25. The van der Waals surface area contributed by atoms with Gasteiger partial charge in [-0.15, -0.1) is 0 Å². The number of rotatable bonds is 5. The van der Waals surface area contributed by atoms with Crippen LogP contribution in [0.3, 0.4) is 0 Å². The minimum atomic E-state index is -4.32. The Kier molecular flexibility index (Phi) is 4.89. The summed E-state index contributed by atoms with van der Waals surface area (Å²) in [6.45, 7) is -1.49. The Balaban J connectivity index is 2.29. The monoisotopic (exact) mass is 269 g/mol. The highest BCUT2D eigenvalue weighted by molar-refractivity contribution is 6.30. The Hall–Kier alpha value is -1.14. The number of hydrogen-bond donors (Lipinski definition) is 1. The van der Waals surface area contributed by atoms with Gasteiger partial charge in [0.2, 0.25) is 0 Å². The van der Waals surface area contributed by atoms with E-state index in [1.807, 2.05) is 0 Å². The first kappa shape index (κ1) is 13.9. The van der Waals surface area contributed by atoms with Gasteiger partial charge in [0.15, 0.2) is 0 Å². The molecule has 0 spiro atoms. The number of alkyl halides is 3. The maximum atomic E-state index is 11.7. The molecule has 0 radical (unpaired) electrons. The van der Waals surface area contributed by atoms with E-state index in [0.29, 0.717) is 16.5 Å². The molecule has 0 amide bonds. The molecule has 17 heavy (non-hydrogen) atoms. The maximum absolute atomic E-state index is 11.7. The van der Waals surface area contributed by atoms with E-state index < -0.39 is 12.8 Å². The zero-order chi connectivity index (χ0) is 12.9. The van der Waals surface area contributed by atoms with Crippen molar-refractivity contribution in [1.82, 2.24) is 0 Å². The van der Waals surface area contributed by atoms with Crippen LogP contribution in [-0.4, -0.2) is 26.0 Å². The Labute approximate surface area is 101 Å². The molecular formula is C10H11ClF3NO2. The fourth-order valence-corrected chi connectivity index (χ4v) is 1.19. The smallest absolute Gasteiger partial charge is 0.411 e. The van der Waals surface area contributed by atoms with Gasteiger partial charge in [-0.3, -0.25) is 0 Å². The third-order valence-corrected chi connectivity index (χ3v) is 1.96. The number of hydrogen-bond acceptors (Lipinski definition) is 3. The van der Waals surface area contributed by atoms with Crippen LogP contribution < -0.4 is 10.5 Å². The third-order valence-electron chi connectivity index (χ3n) is 1.73. The van der Waals surface area contributed by atoms with Crippen molar-refractivity contribution in [1.29, 1.82) is 0 Å². The number of nitrogen functional groups attached to an aromatic ring is 1. The summed E-state index contributed by atoms with van der Waals surface area (Å²) in [5.41, 5.74) is 5.93. The molecule has 0 atom stereocenters. The molecule has 3 nitrogen and oxygen atoms in total. The molecule has 7 heteroatoms. The van der Waals surface area contributed by atoms with Crippen molar-refractivity contribution in [2.24, 2.45) is 0 Å². The molecule has 0 unspecified atom stereocenters. The van der Waals surface area contributed by atoms with Gasteiger partial charge in [-0.1, -0.05) is 11.6 Å². The zero-order valence-electron chi connectivity index (χ0n) is 8.76. The standard InChI is InChI=1S/C10H11ClF3NO2/c11-7-1-2-8(15)9(5-7)17-4-3-16-6-10(12,13)14/h1-2,5H,3-4,6,15H2. The average Bonchev–Trinajstić information content (AvgIpc) is 2.21. The van der Waals surface area contributed by atoms with Crippen LogP contribution in [-0.2, 0) is 4.74 Å². The van der Waals surface area contributed by atoms with Crippen molar-refractivity contribution in [3.63, 3.8) is 0 Å². The highest BCUT2D eigenvalue weighted by atomic mass is 35.5. The summed E-state index contributed by atoms with van der Waals surface area (Å²) in [4.78, 5) is 0. The lowest BCUT2D eigenvalue weighted by Gasteiger charge is -2.10. The van der Waals surface area contributed by atoms with Crippen LogP contribution in [0.5, 0.6) is 5.75 Å². The summed E-state index contributed by atoms with van der Waals surface area (Å²) in [7, 11) is 0. The predicted octanol–water partition coefficient (Wildman–Crippen LogP) is 2.88. The van der Waals surface area contributed by atoms with Gasteiger partial charge in [0.1, 0.15) is 19.0 Å². The van der Waals surface area contributed by atoms with Crippen LogP contribution in [0, 0.1) is 0 Å². The Morgan fingerprint density at radius 3 is 2.59 bits per heavy atom. The van der Waals surface area contributed by atoms with E-state index in [0.717, 1.165) is 0 Å². The summed E-state index contributed by atoms with van der Waals surface area (Å²) in [6, 6.07) is 4.62. The highest BCUT2D eigenvalue weighted by Gasteiger charge is 2.27. The molecule has 0 aromatic heterocycles.